The molecule has 0 aliphatic rings. The first-order valence-electron chi connectivity index (χ1n) is 8.57. The molecule has 1 aromatic carbocycles. The zero-order valence-electron chi connectivity index (χ0n) is 15.1. The third kappa shape index (κ3) is 6.11. The van der Waals surface area contributed by atoms with Crippen LogP contribution in [0.2, 0.25) is 5.02 Å². The van der Waals surface area contributed by atoms with E-state index in [2.05, 4.69) is 29.8 Å². The van der Waals surface area contributed by atoms with E-state index in [0.29, 0.717) is 22.3 Å². The lowest BCUT2D eigenvalue weighted by Crippen LogP contribution is -2.36. The fourth-order valence-electron chi connectivity index (χ4n) is 2.33. The quantitative estimate of drug-likeness (QED) is 0.625. The topological polar surface area (TPSA) is 83.4 Å². The third-order valence-electron chi connectivity index (χ3n) is 3.77. The van der Waals surface area contributed by atoms with E-state index in [9.17, 15) is 9.59 Å². The lowest BCUT2D eigenvalue weighted by Gasteiger charge is -2.16. The van der Waals surface area contributed by atoms with Gasteiger partial charge in [0.05, 0.1) is 17.0 Å². The zero-order chi connectivity index (χ0) is 19.1. The smallest absolute Gasteiger partial charge is 0.319 e. The molecule has 1 atom stereocenters. The van der Waals surface area contributed by atoms with Gasteiger partial charge >= 0.3 is 6.03 Å². The Balaban J connectivity index is 1.90. The largest absolute Gasteiger partial charge is 0.459 e. The van der Waals surface area contributed by atoms with Crippen molar-refractivity contribution in [2.45, 2.75) is 39.7 Å². The monoisotopic (exact) mass is 377 g/mol. The highest BCUT2D eigenvalue weighted by Crippen LogP contribution is 2.26. The molecule has 0 fully saturated rings. The summed E-state index contributed by atoms with van der Waals surface area (Å²) in [7, 11) is 0. The fourth-order valence-corrected chi connectivity index (χ4v) is 2.56. The Labute approximate surface area is 158 Å². The van der Waals surface area contributed by atoms with Crippen LogP contribution in [0, 0.1) is 5.92 Å². The Kier molecular flexibility index (Phi) is 7.09. The average molecular weight is 378 g/mol. The van der Waals surface area contributed by atoms with Gasteiger partial charge in [-0.3, -0.25) is 4.79 Å². The number of amides is 3. The van der Waals surface area contributed by atoms with Crippen molar-refractivity contribution in [3.05, 3.63) is 47.4 Å². The molecule has 0 saturated heterocycles. The van der Waals surface area contributed by atoms with Crippen molar-refractivity contribution < 1.29 is 14.0 Å². The van der Waals surface area contributed by atoms with Crippen LogP contribution >= 0.6 is 11.6 Å². The Morgan fingerprint density at radius 1 is 1.12 bits per heavy atom. The molecule has 0 aliphatic carbocycles. The van der Waals surface area contributed by atoms with Crippen molar-refractivity contribution in [2.24, 2.45) is 5.92 Å². The van der Waals surface area contributed by atoms with Gasteiger partial charge in [-0.25, -0.2) is 4.79 Å². The van der Waals surface area contributed by atoms with E-state index in [-0.39, 0.29) is 17.8 Å². The van der Waals surface area contributed by atoms with Crippen LogP contribution < -0.4 is 16.0 Å². The number of hydrogen-bond acceptors (Lipinski definition) is 3. The van der Waals surface area contributed by atoms with Gasteiger partial charge in [-0.2, -0.15) is 0 Å². The van der Waals surface area contributed by atoms with E-state index < -0.39 is 5.91 Å². The lowest BCUT2D eigenvalue weighted by molar-refractivity contribution is 0.0996. The van der Waals surface area contributed by atoms with E-state index in [1.54, 1.807) is 30.3 Å². The number of nitrogens with one attached hydrogen (secondary N) is 3. The number of rotatable bonds is 7. The van der Waals surface area contributed by atoms with Crippen LogP contribution in [0.1, 0.15) is 44.2 Å². The maximum absolute atomic E-state index is 12.0. The maximum atomic E-state index is 12.0. The summed E-state index contributed by atoms with van der Waals surface area (Å²) in [6.45, 7) is 6.28. The molecule has 26 heavy (non-hydrogen) atoms. The van der Waals surface area contributed by atoms with Gasteiger partial charge in [-0.05, 0) is 56.0 Å². The molecule has 0 spiro atoms. The summed E-state index contributed by atoms with van der Waals surface area (Å²) in [6.07, 6.45) is 3.39. The number of halogens is 1. The molecule has 3 N–H and O–H groups in total. The van der Waals surface area contributed by atoms with Crippen molar-refractivity contribution in [3.63, 3.8) is 0 Å². The van der Waals surface area contributed by atoms with Gasteiger partial charge in [0.25, 0.3) is 5.91 Å². The Morgan fingerprint density at radius 2 is 1.88 bits per heavy atom. The molecule has 0 bridgehead atoms. The minimum Gasteiger partial charge on any atom is -0.459 e. The number of urea groups is 1. The molecular weight excluding hydrogens is 354 g/mol. The summed E-state index contributed by atoms with van der Waals surface area (Å²) >= 11 is 6.19. The highest BCUT2D eigenvalue weighted by atomic mass is 35.5. The van der Waals surface area contributed by atoms with Gasteiger partial charge < -0.3 is 20.4 Å². The Morgan fingerprint density at radius 3 is 2.50 bits per heavy atom. The fraction of sp³-hybridized carbons (Fsp3) is 0.368. The second kappa shape index (κ2) is 9.29. The van der Waals surface area contributed by atoms with Crippen LogP contribution in [-0.4, -0.2) is 18.0 Å². The summed E-state index contributed by atoms with van der Waals surface area (Å²) in [5, 5.41) is 8.61. The molecule has 0 radical (unpaired) electrons. The predicted molar refractivity (Wildman–Crippen MR) is 104 cm³/mol. The van der Waals surface area contributed by atoms with E-state index in [0.717, 1.165) is 12.8 Å². The SMILES string of the molecule is CC(C)CCC(C)NC(=O)Nc1ccc(NC(=O)c2ccco2)c(Cl)c1. The first-order chi connectivity index (χ1) is 12.3. The van der Waals surface area contributed by atoms with Gasteiger partial charge in [0.1, 0.15) is 0 Å². The summed E-state index contributed by atoms with van der Waals surface area (Å²) in [6, 6.07) is 7.86. The summed E-state index contributed by atoms with van der Waals surface area (Å²) in [5.74, 6) is 0.400. The van der Waals surface area contributed by atoms with Gasteiger partial charge in [0, 0.05) is 11.7 Å². The summed E-state index contributed by atoms with van der Waals surface area (Å²) < 4.78 is 5.03. The summed E-state index contributed by atoms with van der Waals surface area (Å²) in [4.78, 5) is 24.0. The van der Waals surface area contributed by atoms with Crippen LogP contribution in [0.3, 0.4) is 0 Å². The van der Waals surface area contributed by atoms with Gasteiger partial charge in [0.15, 0.2) is 5.76 Å². The molecule has 2 aromatic rings. The van der Waals surface area contributed by atoms with Crippen molar-refractivity contribution >= 4 is 34.9 Å². The molecule has 1 aromatic heterocycles. The molecule has 0 saturated carbocycles. The van der Waals surface area contributed by atoms with Crippen LogP contribution in [0.25, 0.3) is 0 Å². The van der Waals surface area contributed by atoms with Crippen molar-refractivity contribution in [1.82, 2.24) is 5.32 Å². The molecule has 7 heteroatoms. The molecule has 1 unspecified atom stereocenters. The molecule has 140 valence electrons. The average Bonchev–Trinajstić information content (AvgIpc) is 3.10. The number of benzene rings is 1. The Bertz CT molecular complexity index is 744. The van der Waals surface area contributed by atoms with Crippen LogP contribution in [-0.2, 0) is 0 Å². The van der Waals surface area contributed by atoms with Crippen LogP contribution in [0.5, 0.6) is 0 Å². The van der Waals surface area contributed by atoms with E-state index in [1.165, 1.54) is 6.26 Å². The molecule has 3 amide bonds. The standard InChI is InChI=1S/C19H24ClN3O3/c1-12(2)6-7-13(3)21-19(25)22-14-8-9-16(15(20)11-14)23-18(24)17-5-4-10-26-17/h4-5,8-13H,6-7H2,1-3H3,(H,23,24)(H2,21,22,25). The minimum atomic E-state index is -0.394. The lowest BCUT2D eigenvalue weighted by atomic mass is 10.0. The van der Waals surface area contributed by atoms with Gasteiger partial charge in [-0.1, -0.05) is 25.4 Å². The molecule has 1 heterocycles. The Hall–Kier alpha value is -2.47. The van der Waals surface area contributed by atoms with Crippen molar-refractivity contribution in [2.75, 3.05) is 10.6 Å². The van der Waals surface area contributed by atoms with E-state index in [4.69, 9.17) is 16.0 Å². The minimum absolute atomic E-state index is 0.0831. The predicted octanol–water partition coefficient (Wildman–Crippen LogP) is 5.13. The molecule has 0 aliphatic heterocycles. The molecule has 6 nitrogen and oxygen atoms in total. The number of carbonyl (C=O) groups is 2. The third-order valence-corrected chi connectivity index (χ3v) is 4.09. The number of carbonyl (C=O) groups excluding carboxylic acids is 2. The van der Waals surface area contributed by atoms with Crippen molar-refractivity contribution in [1.29, 1.82) is 0 Å². The van der Waals surface area contributed by atoms with Gasteiger partial charge in [-0.15, -0.1) is 0 Å². The number of hydrogen-bond donors (Lipinski definition) is 3. The second-order valence-corrected chi connectivity index (χ2v) is 7.00. The van der Waals surface area contributed by atoms with Crippen LogP contribution in [0.15, 0.2) is 41.0 Å². The van der Waals surface area contributed by atoms with Crippen LogP contribution in [0.4, 0.5) is 16.2 Å². The van der Waals surface area contributed by atoms with E-state index >= 15 is 0 Å². The molecular formula is C19H24ClN3O3. The number of anilines is 2. The highest BCUT2D eigenvalue weighted by molar-refractivity contribution is 6.34. The summed E-state index contributed by atoms with van der Waals surface area (Å²) in [5.41, 5.74) is 0.976. The highest BCUT2D eigenvalue weighted by Gasteiger charge is 2.12. The molecule has 2 rings (SSSR count). The normalized spacial score (nSPS) is 11.9. The second-order valence-electron chi connectivity index (χ2n) is 6.60. The first kappa shape index (κ1) is 19.8. The maximum Gasteiger partial charge on any atom is 0.319 e. The zero-order valence-corrected chi connectivity index (χ0v) is 15.9. The van der Waals surface area contributed by atoms with Gasteiger partial charge in [0.2, 0.25) is 0 Å². The first-order valence-corrected chi connectivity index (χ1v) is 8.95. The van der Waals surface area contributed by atoms with Crippen molar-refractivity contribution in [3.8, 4) is 0 Å². The van der Waals surface area contributed by atoms with E-state index in [1.807, 2.05) is 6.92 Å². The number of furan rings is 1.